The number of carbonyl (C=O) groups excluding carboxylic acids is 1. The third-order valence-electron chi connectivity index (χ3n) is 2.82. The summed E-state index contributed by atoms with van der Waals surface area (Å²) in [4.78, 5) is 15.0. The van der Waals surface area contributed by atoms with Crippen LogP contribution in [0.4, 0.5) is 30.7 Å². The summed E-state index contributed by atoms with van der Waals surface area (Å²) in [6.45, 7) is -2.21. The molecule has 0 aliphatic rings. The first-order valence-corrected chi connectivity index (χ1v) is 5.95. The number of nitrogens with one attached hydrogen (secondary N) is 1. The lowest BCUT2D eigenvalue weighted by Crippen LogP contribution is -2.59. The van der Waals surface area contributed by atoms with E-state index in [-0.39, 0.29) is 12.8 Å². The first kappa shape index (κ1) is 18.2. The van der Waals surface area contributed by atoms with Crippen LogP contribution in [0.3, 0.4) is 0 Å². The predicted octanol–water partition coefficient (Wildman–Crippen LogP) is 2.96. The van der Waals surface area contributed by atoms with Gasteiger partial charge >= 0.3 is 18.0 Å². The maximum absolute atomic E-state index is 13.3. The highest BCUT2D eigenvalue weighted by Gasteiger charge is 2.72. The van der Waals surface area contributed by atoms with Crippen molar-refractivity contribution in [2.24, 2.45) is 0 Å². The monoisotopic (exact) mass is 332 g/mol. The van der Waals surface area contributed by atoms with E-state index in [1.807, 2.05) is 0 Å². The minimum Gasteiger partial charge on any atom is -0.352 e. The standard InChI is InChI=1S/C12H11F7N2O/c13-10(11(14,15)16,12(17,18)19)7-21-9(22)2-1-8-3-5-20-6-4-8/h3-6H,1-2,7H2,(H,21,22). The molecule has 0 bridgehead atoms. The van der Waals surface area contributed by atoms with E-state index in [1.54, 1.807) is 0 Å². The van der Waals surface area contributed by atoms with Gasteiger partial charge in [0, 0.05) is 18.8 Å². The molecule has 0 atom stereocenters. The third-order valence-corrected chi connectivity index (χ3v) is 2.82. The number of pyridine rings is 1. The Kier molecular flexibility index (Phi) is 5.36. The average Bonchev–Trinajstić information content (AvgIpc) is 2.41. The fourth-order valence-electron chi connectivity index (χ4n) is 1.48. The van der Waals surface area contributed by atoms with Gasteiger partial charge in [-0.05, 0) is 24.1 Å². The van der Waals surface area contributed by atoms with Gasteiger partial charge in [-0.15, -0.1) is 0 Å². The van der Waals surface area contributed by atoms with Crippen LogP contribution in [0.1, 0.15) is 12.0 Å². The lowest BCUT2D eigenvalue weighted by molar-refractivity contribution is -0.338. The largest absolute Gasteiger partial charge is 0.433 e. The van der Waals surface area contributed by atoms with E-state index >= 15 is 0 Å². The van der Waals surface area contributed by atoms with Crippen LogP contribution in [-0.4, -0.2) is 35.5 Å². The third kappa shape index (κ3) is 4.31. The second-order valence-electron chi connectivity index (χ2n) is 4.43. The molecule has 1 aromatic rings. The molecule has 124 valence electrons. The molecule has 0 radical (unpaired) electrons. The highest BCUT2D eigenvalue weighted by atomic mass is 19.4. The normalized spacial score (nSPS) is 13.0. The number of alkyl halides is 7. The van der Waals surface area contributed by atoms with Crippen molar-refractivity contribution >= 4 is 5.91 Å². The highest BCUT2D eigenvalue weighted by Crippen LogP contribution is 2.45. The van der Waals surface area contributed by atoms with Crippen molar-refractivity contribution in [3.63, 3.8) is 0 Å². The highest BCUT2D eigenvalue weighted by molar-refractivity contribution is 5.76. The fourth-order valence-corrected chi connectivity index (χ4v) is 1.48. The smallest absolute Gasteiger partial charge is 0.352 e. The number of nitrogens with zero attached hydrogens (tertiary/aromatic N) is 1. The molecule has 3 nitrogen and oxygen atoms in total. The van der Waals surface area contributed by atoms with Crippen molar-refractivity contribution < 1.29 is 35.5 Å². The number of amides is 1. The van der Waals surface area contributed by atoms with Crippen molar-refractivity contribution in [1.82, 2.24) is 10.3 Å². The maximum atomic E-state index is 13.3. The molecular formula is C12H11F7N2O. The molecule has 1 aromatic heterocycles. The average molecular weight is 332 g/mol. The van der Waals surface area contributed by atoms with Crippen LogP contribution in [0.2, 0.25) is 0 Å². The van der Waals surface area contributed by atoms with E-state index in [4.69, 9.17) is 0 Å². The van der Waals surface area contributed by atoms with Crippen LogP contribution in [0.25, 0.3) is 0 Å². The Hall–Kier alpha value is -1.87. The van der Waals surface area contributed by atoms with Gasteiger partial charge in [0.2, 0.25) is 5.91 Å². The SMILES string of the molecule is O=C(CCc1ccncc1)NCC(F)(C(F)(F)F)C(F)(F)F. The van der Waals surface area contributed by atoms with E-state index < -0.39 is 30.5 Å². The van der Waals surface area contributed by atoms with Crippen LogP contribution in [0.15, 0.2) is 24.5 Å². The molecule has 1 heterocycles. The van der Waals surface area contributed by atoms with Gasteiger partial charge in [-0.3, -0.25) is 9.78 Å². The fraction of sp³-hybridized carbons (Fsp3) is 0.500. The number of aromatic nitrogens is 1. The molecule has 22 heavy (non-hydrogen) atoms. The maximum Gasteiger partial charge on any atom is 0.433 e. The number of carbonyl (C=O) groups is 1. The Morgan fingerprint density at radius 3 is 1.95 bits per heavy atom. The van der Waals surface area contributed by atoms with Gasteiger partial charge in [0.1, 0.15) is 0 Å². The van der Waals surface area contributed by atoms with Gasteiger partial charge < -0.3 is 5.32 Å². The molecule has 0 saturated heterocycles. The number of rotatable bonds is 5. The molecule has 1 amide bonds. The lowest BCUT2D eigenvalue weighted by atomic mass is 10.1. The molecule has 0 aliphatic heterocycles. The van der Waals surface area contributed by atoms with Gasteiger partial charge in [0.25, 0.3) is 0 Å². The second kappa shape index (κ2) is 6.49. The van der Waals surface area contributed by atoms with Gasteiger partial charge in [0.15, 0.2) is 0 Å². The summed E-state index contributed by atoms with van der Waals surface area (Å²) >= 11 is 0. The van der Waals surface area contributed by atoms with Crippen LogP contribution in [0, 0.1) is 0 Å². The topological polar surface area (TPSA) is 42.0 Å². The summed E-state index contributed by atoms with van der Waals surface area (Å²) in [5.41, 5.74) is -4.87. The summed E-state index contributed by atoms with van der Waals surface area (Å²) < 4.78 is 86.7. The van der Waals surface area contributed by atoms with Gasteiger partial charge in [-0.2, -0.15) is 26.3 Å². The zero-order chi connectivity index (χ0) is 17.0. The van der Waals surface area contributed by atoms with Crippen molar-refractivity contribution in [3.05, 3.63) is 30.1 Å². The lowest BCUT2D eigenvalue weighted by Gasteiger charge is -2.29. The molecular weight excluding hydrogens is 321 g/mol. The first-order valence-electron chi connectivity index (χ1n) is 5.95. The molecule has 0 fully saturated rings. The molecule has 0 unspecified atom stereocenters. The minimum absolute atomic E-state index is 0.0751. The Labute approximate surface area is 120 Å². The van der Waals surface area contributed by atoms with Gasteiger partial charge in [0.05, 0.1) is 6.54 Å². The number of hydrogen-bond donors (Lipinski definition) is 1. The van der Waals surface area contributed by atoms with Crippen molar-refractivity contribution in [2.75, 3.05) is 6.54 Å². The minimum atomic E-state index is -6.18. The Balaban J connectivity index is 2.61. The molecule has 1 rings (SSSR count). The van der Waals surface area contributed by atoms with E-state index in [9.17, 15) is 35.5 Å². The van der Waals surface area contributed by atoms with Crippen LogP contribution < -0.4 is 5.32 Å². The van der Waals surface area contributed by atoms with Gasteiger partial charge in [-0.1, -0.05) is 0 Å². The van der Waals surface area contributed by atoms with Crippen LogP contribution in [-0.2, 0) is 11.2 Å². The molecule has 1 N–H and O–H groups in total. The first-order chi connectivity index (χ1) is 9.97. The van der Waals surface area contributed by atoms with Crippen molar-refractivity contribution in [3.8, 4) is 0 Å². The summed E-state index contributed by atoms with van der Waals surface area (Å²) in [7, 11) is 0. The van der Waals surface area contributed by atoms with Crippen LogP contribution in [0.5, 0.6) is 0 Å². The van der Waals surface area contributed by atoms with Gasteiger partial charge in [-0.25, -0.2) is 4.39 Å². The quantitative estimate of drug-likeness (QED) is 0.843. The summed E-state index contributed by atoms with van der Waals surface area (Å²) in [5.74, 6) is -1.12. The van der Waals surface area contributed by atoms with Crippen molar-refractivity contribution in [1.29, 1.82) is 0 Å². The molecule has 0 aliphatic carbocycles. The summed E-state index contributed by atoms with van der Waals surface area (Å²) in [5, 5.41) is 1.34. The molecule has 10 heteroatoms. The molecule has 0 saturated carbocycles. The number of hydrogen-bond acceptors (Lipinski definition) is 2. The predicted molar refractivity (Wildman–Crippen MR) is 61.5 cm³/mol. The van der Waals surface area contributed by atoms with E-state index in [1.165, 1.54) is 29.8 Å². The molecule has 0 aromatic carbocycles. The zero-order valence-corrected chi connectivity index (χ0v) is 10.9. The van der Waals surface area contributed by atoms with Crippen molar-refractivity contribution in [2.45, 2.75) is 30.9 Å². The zero-order valence-electron chi connectivity index (χ0n) is 10.9. The summed E-state index contributed by atoms with van der Waals surface area (Å²) in [6, 6.07) is 3.05. The Morgan fingerprint density at radius 2 is 1.50 bits per heavy atom. The second-order valence-corrected chi connectivity index (χ2v) is 4.43. The number of halogens is 7. The van der Waals surface area contributed by atoms with E-state index in [0.29, 0.717) is 5.56 Å². The summed E-state index contributed by atoms with van der Waals surface area (Å²) in [6.07, 6.45) is -9.84. The molecule has 0 spiro atoms. The number of aryl methyl sites for hydroxylation is 1. The Morgan fingerprint density at radius 1 is 1.00 bits per heavy atom. The van der Waals surface area contributed by atoms with Crippen LogP contribution >= 0.6 is 0 Å². The Bertz CT molecular complexity index is 484. The van der Waals surface area contributed by atoms with E-state index in [2.05, 4.69) is 4.98 Å². The van der Waals surface area contributed by atoms with E-state index in [0.717, 1.165) is 0 Å².